The number of carbonyl (C=O) groups excluding carboxylic acids is 1. The molecule has 3 aromatic rings. The Balaban J connectivity index is 1.78. The molecule has 0 unspecified atom stereocenters. The molecule has 3 rings (SSSR count). The van der Waals surface area contributed by atoms with Crippen molar-refractivity contribution in [2.24, 2.45) is 0 Å². The summed E-state index contributed by atoms with van der Waals surface area (Å²) >= 11 is 5.81. The van der Waals surface area contributed by atoms with E-state index in [2.05, 4.69) is 10.1 Å². The van der Waals surface area contributed by atoms with Crippen LogP contribution in [-0.4, -0.2) is 39.5 Å². The first-order chi connectivity index (χ1) is 13.9. The van der Waals surface area contributed by atoms with Crippen molar-refractivity contribution in [3.63, 3.8) is 0 Å². The summed E-state index contributed by atoms with van der Waals surface area (Å²) in [5.41, 5.74) is 0.564. The number of aromatic nitrogens is 2. The molecule has 0 aliphatic carbocycles. The molecule has 29 heavy (non-hydrogen) atoms. The first-order valence-electron chi connectivity index (χ1n) is 8.63. The van der Waals surface area contributed by atoms with Gasteiger partial charge in [0.2, 0.25) is 11.7 Å². The molecule has 0 radical (unpaired) electrons. The van der Waals surface area contributed by atoms with Crippen LogP contribution in [0.5, 0.6) is 5.75 Å². The fraction of sp³-hybridized carbons (Fsp3) is 0.211. The van der Waals surface area contributed by atoms with Gasteiger partial charge < -0.3 is 14.2 Å². The molecule has 1 heterocycles. The van der Waals surface area contributed by atoms with Crippen LogP contribution in [0.15, 0.2) is 47.0 Å². The molecular weight excluding hydrogens is 400 g/mol. The topological polar surface area (TPSA) is 112 Å². The average molecular weight is 417 g/mol. The van der Waals surface area contributed by atoms with Crippen LogP contribution < -0.4 is 4.74 Å². The molecule has 0 saturated heterocycles. The zero-order chi connectivity index (χ0) is 21.0. The highest BCUT2D eigenvalue weighted by Gasteiger charge is 2.22. The number of ether oxygens (including phenoxy) is 1. The molecule has 0 bridgehead atoms. The second-order valence-electron chi connectivity index (χ2n) is 5.98. The summed E-state index contributed by atoms with van der Waals surface area (Å²) in [6.07, 6.45) is 0. The molecule has 10 heteroatoms. The molecule has 0 N–H and O–H groups in total. The quantitative estimate of drug-likeness (QED) is 0.423. The molecule has 1 aromatic heterocycles. The molecular formula is C19H17ClN4O5. The van der Waals surface area contributed by atoms with Gasteiger partial charge in [0.15, 0.2) is 0 Å². The van der Waals surface area contributed by atoms with E-state index in [4.69, 9.17) is 20.9 Å². The normalized spacial score (nSPS) is 10.6. The standard InChI is InChI=1S/C19H17ClN4O5/c1-3-23(19(25)13-6-9-15(20)16(10-13)24(26)27)11-17-21-18(22-29-17)12-4-7-14(28-2)8-5-12/h4-10H,3,11H2,1-2H3. The summed E-state index contributed by atoms with van der Waals surface area (Å²) in [6, 6.07) is 11.1. The number of hydrogen-bond donors (Lipinski definition) is 0. The summed E-state index contributed by atoms with van der Waals surface area (Å²) in [5, 5.41) is 15.0. The van der Waals surface area contributed by atoms with E-state index in [-0.39, 0.29) is 28.7 Å². The summed E-state index contributed by atoms with van der Waals surface area (Å²) < 4.78 is 10.4. The fourth-order valence-electron chi connectivity index (χ4n) is 2.64. The second kappa shape index (κ2) is 8.70. The number of rotatable bonds is 7. The van der Waals surface area contributed by atoms with E-state index < -0.39 is 10.8 Å². The minimum atomic E-state index is -0.630. The van der Waals surface area contributed by atoms with Gasteiger partial charge in [0.1, 0.15) is 17.3 Å². The Morgan fingerprint density at radius 1 is 1.28 bits per heavy atom. The third-order valence-corrected chi connectivity index (χ3v) is 4.52. The average Bonchev–Trinajstić information content (AvgIpc) is 3.20. The van der Waals surface area contributed by atoms with Gasteiger partial charge in [-0.3, -0.25) is 14.9 Å². The minimum absolute atomic E-state index is 0.0318. The molecule has 0 aliphatic rings. The summed E-state index contributed by atoms with van der Waals surface area (Å²) in [7, 11) is 1.58. The van der Waals surface area contributed by atoms with Crippen LogP contribution >= 0.6 is 11.6 Å². The summed E-state index contributed by atoms with van der Waals surface area (Å²) in [4.78, 5) is 29.0. The number of methoxy groups -OCH3 is 1. The lowest BCUT2D eigenvalue weighted by Gasteiger charge is -2.18. The van der Waals surface area contributed by atoms with Crippen molar-refractivity contribution in [2.45, 2.75) is 13.5 Å². The Hall–Kier alpha value is -3.46. The number of benzene rings is 2. The summed E-state index contributed by atoms with van der Waals surface area (Å²) in [6.45, 7) is 2.19. The van der Waals surface area contributed by atoms with Crippen LogP contribution in [0.25, 0.3) is 11.4 Å². The van der Waals surface area contributed by atoms with Gasteiger partial charge in [-0.2, -0.15) is 4.98 Å². The Bertz CT molecular complexity index is 1040. The maximum atomic E-state index is 12.8. The van der Waals surface area contributed by atoms with Crippen LogP contribution in [-0.2, 0) is 6.54 Å². The molecule has 0 spiro atoms. The number of nitrogens with zero attached hydrogens (tertiary/aromatic N) is 4. The van der Waals surface area contributed by atoms with E-state index >= 15 is 0 Å². The molecule has 0 aliphatic heterocycles. The van der Waals surface area contributed by atoms with E-state index in [1.807, 2.05) is 0 Å². The Kier molecular flexibility index (Phi) is 6.08. The SMILES string of the molecule is CCN(Cc1nc(-c2ccc(OC)cc2)no1)C(=O)c1ccc(Cl)c([N+](=O)[O-])c1. The largest absolute Gasteiger partial charge is 0.497 e. The van der Waals surface area contributed by atoms with Gasteiger partial charge in [-0.1, -0.05) is 16.8 Å². The number of amides is 1. The predicted molar refractivity (Wildman–Crippen MR) is 105 cm³/mol. The van der Waals surface area contributed by atoms with Gasteiger partial charge in [-0.15, -0.1) is 0 Å². The lowest BCUT2D eigenvalue weighted by Crippen LogP contribution is -2.30. The Morgan fingerprint density at radius 2 is 2.00 bits per heavy atom. The minimum Gasteiger partial charge on any atom is -0.497 e. The zero-order valence-corrected chi connectivity index (χ0v) is 16.4. The lowest BCUT2D eigenvalue weighted by molar-refractivity contribution is -0.384. The van der Waals surface area contributed by atoms with Gasteiger partial charge >= 0.3 is 0 Å². The predicted octanol–water partition coefficient (Wildman–Crippen LogP) is 3.97. The smallest absolute Gasteiger partial charge is 0.288 e. The van der Waals surface area contributed by atoms with Crippen molar-refractivity contribution in [3.05, 3.63) is 69.1 Å². The molecule has 2 aromatic carbocycles. The van der Waals surface area contributed by atoms with Gasteiger partial charge in [-0.05, 0) is 43.3 Å². The van der Waals surface area contributed by atoms with E-state index in [0.29, 0.717) is 18.1 Å². The maximum absolute atomic E-state index is 12.8. The van der Waals surface area contributed by atoms with Crippen LogP contribution in [0, 0.1) is 10.1 Å². The van der Waals surface area contributed by atoms with Crippen LogP contribution in [0.3, 0.4) is 0 Å². The van der Waals surface area contributed by atoms with E-state index in [1.165, 1.54) is 17.0 Å². The van der Waals surface area contributed by atoms with Crippen LogP contribution in [0.4, 0.5) is 5.69 Å². The molecule has 1 amide bonds. The molecule has 0 atom stereocenters. The number of hydrogen-bond acceptors (Lipinski definition) is 7. The zero-order valence-electron chi connectivity index (χ0n) is 15.7. The highest BCUT2D eigenvalue weighted by atomic mass is 35.5. The highest BCUT2D eigenvalue weighted by Crippen LogP contribution is 2.26. The van der Waals surface area contributed by atoms with Crippen molar-refractivity contribution in [1.29, 1.82) is 0 Å². The van der Waals surface area contributed by atoms with Crippen molar-refractivity contribution in [3.8, 4) is 17.1 Å². The Labute approximate surface area is 171 Å². The number of nitro benzene ring substituents is 1. The van der Waals surface area contributed by atoms with Gasteiger partial charge in [-0.25, -0.2) is 0 Å². The second-order valence-corrected chi connectivity index (χ2v) is 6.39. The first kappa shape index (κ1) is 20.3. The van der Waals surface area contributed by atoms with Crippen molar-refractivity contribution < 1.29 is 19.0 Å². The van der Waals surface area contributed by atoms with E-state index in [9.17, 15) is 14.9 Å². The molecule has 150 valence electrons. The van der Waals surface area contributed by atoms with Crippen LogP contribution in [0.2, 0.25) is 5.02 Å². The first-order valence-corrected chi connectivity index (χ1v) is 9.01. The number of carbonyl (C=O) groups is 1. The maximum Gasteiger partial charge on any atom is 0.288 e. The van der Waals surface area contributed by atoms with E-state index in [1.54, 1.807) is 38.3 Å². The van der Waals surface area contributed by atoms with Gasteiger partial charge in [0.25, 0.3) is 11.6 Å². The molecule has 0 fully saturated rings. The van der Waals surface area contributed by atoms with Crippen molar-refractivity contribution >= 4 is 23.2 Å². The van der Waals surface area contributed by atoms with E-state index in [0.717, 1.165) is 11.6 Å². The fourth-order valence-corrected chi connectivity index (χ4v) is 2.82. The Morgan fingerprint density at radius 3 is 2.62 bits per heavy atom. The van der Waals surface area contributed by atoms with Gasteiger partial charge in [0, 0.05) is 23.7 Å². The molecule has 9 nitrogen and oxygen atoms in total. The van der Waals surface area contributed by atoms with Gasteiger partial charge in [0.05, 0.1) is 12.0 Å². The number of halogens is 1. The molecule has 0 saturated carbocycles. The monoisotopic (exact) mass is 416 g/mol. The third-order valence-electron chi connectivity index (χ3n) is 4.20. The van der Waals surface area contributed by atoms with Crippen LogP contribution in [0.1, 0.15) is 23.2 Å². The summed E-state index contributed by atoms with van der Waals surface area (Å²) in [5.74, 6) is 0.927. The van der Waals surface area contributed by atoms with Crippen molar-refractivity contribution in [1.82, 2.24) is 15.0 Å². The van der Waals surface area contributed by atoms with Crippen molar-refractivity contribution in [2.75, 3.05) is 13.7 Å². The highest BCUT2D eigenvalue weighted by molar-refractivity contribution is 6.32. The number of nitro groups is 1. The third kappa shape index (κ3) is 4.52. The lowest BCUT2D eigenvalue weighted by atomic mass is 10.1.